The Bertz CT molecular complexity index is 890. The molecule has 0 unspecified atom stereocenters. The molecule has 2 atom stereocenters. The van der Waals surface area contributed by atoms with Crippen LogP contribution in [-0.4, -0.2) is 34.6 Å². The number of carbonyl (C=O) groups is 2. The van der Waals surface area contributed by atoms with Crippen molar-refractivity contribution in [3.63, 3.8) is 0 Å². The molecule has 2 amide bonds. The van der Waals surface area contributed by atoms with Gasteiger partial charge in [-0.3, -0.25) is 9.59 Å². The zero-order valence-electron chi connectivity index (χ0n) is 18.5. The van der Waals surface area contributed by atoms with E-state index in [0.29, 0.717) is 22.2 Å². The molecule has 7 heteroatoms. The predicted molar refractivity (Wildman–Crippen MR) is 131 cm³/mol. The maximum absolute atomic E-state index is 13.1. The van der Waals surface area contributed by atoms with Gasteiger partial charge >= 0.3 is 0 Å². The molecule has 0 aliphatic heterocycles. The Kier molecular flexibility index (Phi) is 10.2. The van der Waals surface area contributed by atoms with Gasteiger partial charge in [-0.2, -0.15) is 0 Å². The molecule has 0 fully saturated rings. The summed E-state index contributed by atoms with van der Waals surface area (Å²) in [5.74, 6) is 0.378. The number of nitrogens with one attached hydrogen (secondary N) is 1. The topological polar surface area (TPSA) is 49.4 Å². The maximum atomic E-state index is 13.1. The number of rotatable bonds is 10. The average molecular weight is 481 g/mol. The number of hydrogen-bond donors (Lipinski definition) is 1. The van der Waals surface area contributed by atoms with Gasteiger partial charge in [0.25, 0.3) is 0 Å². The number of nitrogens with zero attached hydrogens (tertiary/aromatic N) is 1. The SMILES string of the molecule is CC[C@@H](C)NC(=O)[C@@H](C)N(Cc1ccc(Cl)cc1Cl)C(=O)CCSc1ccc(C)cc1. The predicted octanol–water partition coefficient (Wildman–Crippen LogP) is 6.12. The van der Waals surface area contributed by atoms with E-state index in [1.54, 1.807) is 41.8 Å². The summed E-state index contributed by atoms with van der Waals surface area (Å²) in [6, 6.07) is 12.8. The molecule has 2 aromatic rings. The molecular formula is C24H30Cl2N2O2S. The minimum Gasteiger partial charge on any atom is -0.352 e. The molecule has 2 rings (SSSR count). The second kappa shape index (κ2) is 12.4. The third-order valence-electron chi connectivity index (χ3n) is 5.13. The van der Waals surface area contributed by atoms with Crippen molar-refractivity contribution < 1.29 is 9.59 Å². The van der Waals surface area contributed by atoms with Crippen LogP contribution in [0.25, 0.3) is 0 Å². The van der Waals surface area contributed by atoms with Gasteiger partial charge < -0.3 is 10.2 Å². The molecule has 0 bridgehead atoms. The smallest absolute Gasteiger partial charge is 0.242 e. The summed E-state index contributed by atoms with van der Waals surface area (Å²) in [5.41, 5.74) is 1.96. The minimum atomic E-state index is -0.613. The molecule has 2 aromatic carbocycles. The highest BCUT2D eigenvalue weighted by atomic mass is 35.5. The molecular weight excluding hydrogens is 451 g/mol. The fourth-order valence-electron chi connectivity index (χ4n) is 2.92. The van der Waals surface area contributed by atoms with Gasteiger partial charge in [0.05, 0.1) is 0 Å². The Morgan fingerprint density at radius 2 is 1.77 bits per heavy atom. The van der Waals surface area contributed by atoms with Gasteiger partial charge in [0, 0.05) is 39.7 Å². The van der Waals surface area contributed by atoms with E-state index in [2.05, 4.69) is 29.6 Å². The van der Waals surface area contributed by atoms with E-state index in [1.807, 2.05) is 20.8 Å². The van der Waals surface area contributed by atoms with Crippen molar-refractivity contribution in [1.82, 2.24) is 10.2 Å². The third-order valence-corrected chi connectivity index (χ3v) is 6.73. The van der Waals surface area contributed by atoms with Crippen molar-refractivity contribution in [1.29, 1.82) is 0 Å². The third kappa shape index (κ3) is 8.06. The second-order valence-electron chi connectivity index (χ2n) is 7.66. The lowest BCUT2D eigenvalue weighted by Crippen LogP contribution is -2.49. The van der Waals surface area contributed by atoms with Gasteiger partial charge in [-0.05, 0) is 57.0 Å². The lowest BCUT2D eigenvalue weighted by molar-refractivity contribution is -0.140. The van der Waals surface area contributed by atoms with Gasteiger partial charge in [0.15, 0.2) is 0 Å². The van der Waals surface area contributed by atoms with E-state index in [9.17, 15) is 9.59 Å². The number of amides is 2. The first-order valence-electron chi connectivity index (χ1n) is 10.4. The number of thioether (sulfide) groups is 1. The van der Waals surface area contributed by atoms with Crippen LogP contribution in [0.5, 0.6) is 0 Å². The van der Waals surface area contributed by atoms with Gasteiger partial charge in [0.2, 0.25) is 11.8 Å². The number of hydrogen-bond acceptors (Lipinski definition) is 3. The van der Waals surface area contributed by atoms with E-state index < -0.39 is 6.04 Å². The fourth-order valence-corrected chi connectivity index (χ4v) is 4.23. The first-order chi connectivity index (χ1) is 14.7. The Morgan fingerprint density at radius 1 is 1.10 bits per heavy atom. The normalized spacial score (nSPS) is 12.8. The molecule has 1 N–H and O–H groups in total. The van der Waals surface area contributed by atoms with Crippen molar-refractivity contribution in [2.24, 2.45) is 0 Å². The van der Waals surface area contributed by atoms with Crippen molar-refractivity contribution in [3.05, 3.63) is 63.6 Å². The number of benzene rings is 2. The standard InChI is InChI=1S/C24H30Cl2N2O2S/c1-5-17(3)27-24(30)18(4)28(15-19-8-9-20(25)14-22(19)26)23(29)12-13-31-21-10-6-16(2)7-11-21/h6-11,14,17-18H,5,12-13,15H2,1-4H3,(H,27,30)/t17-,18-/m1/s1. The molecule has 0 spiro atoms. The Balaban J connectivity index is 2.11. The summed E-state index contributed by atoms with van der Waals surface area (Å²) in [5, 5.41) is 3.98. The average Bonchev–Trinajstić information content (AvgIpc) is 2.73. The quantitative estimate of drug-likeness (QED) is 0.416. The van der Waals surface area contributed by atoms with Gasteiger partial charge in [-0.15, -0.1) is 11.8 Å². The van der Waals surface area contributed by atoms with Crippen LogP contribution in [0, 0.1) is 6.92 Å². The van der Waals surface area contributed by atoms with Gasteiger partial charge in [-0.1, -0.05) is 53.9 Å². The minimum absolute atomic E-state index is 0.0446. The number of carbonyl (C=O) groups excluding carboxylic acids is 2. The first-order valence-corrected chi connectivity index (χ1v) is 12.2. The Morgan fingerprint density at radius 3 is 2.39 bits per heavy atom. The van der Waals surface area contributed by atoms with Crippen LogP contribution in [0.3, 0.4) is 0 Å². The molecule has 4 nitrogen and oxygen atoms in total. The first kappa shape index (κ1) is 25.6. The van der Waals surface area contributed by atoms with E-state index in [1.165, 1.54) is 5.56 Å². The summed E-state index contributed by atoms with van der Waals surface area (Å²) < 4.78 is 0. The van der Waals surface area contributed by atoms with Crippen LogP contribution in [0.1, 0.15) is 44.7 Å². The monoisotopic (exact) mass is 480 g/mol. The van der Waals surface area contributed by atoms with Crippen LogP contribution in [0.4, 0.5) is 0 Å². The molecule has 0 aromatic heterocycles. The molecule has 0 aliphatic carbocycles. The van der Waals surface area contributed by atoms with Crippen LogP contribution in [-0.2, 0) is 16.1 Å². The molecule has 168 valence electrons. The lowest BCUT2D eigenvalue weighted by Gasteiger charge is -2.30. The highest BCUT2D eigenvalue weighted by molar-refractivity contribution is 7.99. The van der Waals surface area contributed by atoms with Crippen molar-refractivity contribution in [2.75, 3.05) is 5.75 Å². The summed E-state index contributed by atoms with van der Waals surface area (Å²) >= 11 is 14.0. The zero-order valence-corrected chi connectivity index (χ0v) is 20.8. The van der Waals surface area contributed by atoms with Crippen molar-refractivity contribution in [3.8, 4) is 0 Å². The van der Waals surface area contributed by atoms with Gasteiger partial charge in [-0.25, -0.2) is 0 Å². The summed E-state index contributed by atoms with van der Waals surface area (Å²) in [4.78, 5) is 28.6. The van der Waals surface area contributed by atoms with Crippen molar-refractivity contribution in [2.45, 2.75) is 64.1 Å². The van der Waals surface area contributed by atoms with Crippen LogP contribution >= 0.6 is 35.0 Å². The highest BCUT2D eigenvalue weighted by Crippen LogP contribution is 2.24. The molecule has 0 heterocycles. The Labute approximate surface area is 199 Å². The van der Waals surface area contributed by atoms with Crippen LogP contribution < -0.4 is 5.32 Å². The van der Waals surface area contributed by atoms with E-state index >= 15 is 0 Å². The summed E-state index contributed by atoms with van der Waals surface area (Å²) in [7, 11) is 0. The molecule has 0 aliphatic rings. The molecule has 31 heavy (non-hydrogen) atoms. The summed E-state index contributed by atoms with van der Waals surface area (Å²) in [6.45, 7) is 8.01. The van der Waals surface area contributed by atoms with E-state index in [-0.39, 0.29) is 24.4 Å². The molecule has 0 saturated heterocycles. The van der Waals surface area contributed by atoms with Crippen LogP contribution in [0.15, 0.2) is 47.4 Å². The zero-order chi connectivity index (χ0) is 23.0. The highest BCUT2D eigenvalue weighted by Gasteiger charge is 2.27. The van der Waals surface area contributed by atoms with Crippen molar-refractivity contribution >= 4 is 46.8 Å². The maximum Gasteiger partial charge on any atom is 0.242 e. The van der Waals surface area contributed by atoms with Gasteiger partial charge in [0.1, 0.15) is 6.04 Å². The summed E-state index contributed by atoms with van der Waals surface area (Å²) in [6.07, 6.45) is 1.15. The number of aryl methyl sites for hydroxylation is 1. The Hall–Kier alpha value is -1.69. The molecule has 0 radical (unpaired) electrons. The number of halogens is 2. The fraction of sp³-hybridized carbons (Fsp3) is 0.417. The van der Waals surface area contributed by atoms with E-state index in [4.69, 9.17) is 23.2 Å². The lowest BCUT2D eigenvalue weighted by atomic mass is 10.1. The van der Waals surface area contributed by atoms with Crippen LogP contribution in [0.2, 0.25) is 10.0 Å². The largest absolute Gasteiger partial charge is 0.352 e. The molecule has 0 saturated carbocycles. The van der Waals surface area contributed by atoms with E-state index in [0.717, 1.165) is 16.9 Å². The second-order valence-corrected chi connectivity index (χ2v) is 9.67.